The van der Waals surface area contributed by atoms with E-state index in [-0.39, 0.29) is 6.04 Å². The molecule has 0 fully saturated rings. The minimum atomic E-state index is 0.204. The summed E-state index contributed by atoms with van der Waals surface area (Å²) < 4.78 is 5.36. The van der Waals surface area contributed by atoms with Crippen LogP contribution >= 0.6 is 11.8 Å². The summed E-state index contributed by atoms with van der Waals surface area (Å²) in [6, 6.07) is 0.204. The minimum absolute atomic E-state index is 0.204. The normalized spacial score (nSPS) is 13.6. The molecule has 0 aromatic heterocycles. The van der Waals surface area contributed by atoms with Crippen LogP contribution in [0.2, 0.25) is 0 Å². The summed E-state index contributed by atoms with van der Waals surface area (Å²) in [6.45, 7) is 8.11. The van der Waals surface area contributed by atoms with E-state index >= 15 is 0 Å². The average molecular weight is 205 g/mol. The van der Waals surface area contributed by atoms with Gasteiger partial charge < -0.3 is 10.5 Å². The lowest BCUT2D eigenvalue weighted by molar-refractivity contribution is 0.126. The second-order valence-electron chi connectivity index (χ2n) is 3.77. The minimum Gasteiger partial charge on any atom is -0.380 e. The Morgan fingerprint density at radius 3 is 2.54 bits per heavy atom. The van der Waals surface area contributed by atoms with Gasteiger partial charge in [0.15, 0.2) is 0 Å². The molecule has 0 aliphatic heterocycles. The Labute approximate surface area is 86.6 Å². The predicted molar refractivity (Wildman–Crippen MR) is 61.2 cm³/mol. The summed E-state index contributed by atoms with van der Waals surface area (Å²) in [7, 11) is 0. The zero-order valence-electron chi connectivity index (χ0n) is 9.08. The summed E-state index contributed by atoms with van der Waals surface area (Å²) in [6.07, 6.45) is 1.08. The smallest absolute Gasteiger partial charge is 0.0625 e. The van der Waals surface area contributed by atoms with E-state index < -0.39 is 0 Å². The van der Waals surface area contributed by atoms with E-state index in [9.17, 15) is 0 Å². The van der Waals surface area contributed by atoms with Crippen LogP contribution in [-0.4, -0.2) is 30.8 Å². The number of hydrogen-bond acceptors (Lipinski definition) is 3. The number of hydrogen-bond donors (Lipinski definition) is 1. The zero-order valence-corrected chi connectivity index (χ0v) is 9.90. The van der Waals surface area contributed by atoms with E-state index in [4.69, 9.17) is 10.5 Å². The molecule has 1 unspecified atom stereocenters. The summed E-state index contributed by atoms with van der Waals surface area (Å²) in [5.74, 6) is 2.97. The maximum atomic E-state index is 5.85. The summed E-state index contributed by atoms with van der Waals surface area (Å²) in [4.78, 5) is 0. The Bertz CT molecular complexity index is 109. The highest BCUT2D eigenvalue weighted by Crippen LogP contribution is 2.08. The number of ether oxygens (including phenoxy) is 1. The van der Waals surface area contributed by atoms with Gasteiger partial charge >= 0.3 is 0 Å². The van der Waals surface area contributed by atoms with E-state index in [1.165, 1.54) is 5.75 Å². The van der Waals surface area contributed by atoms with Gasteiger partial charge in [-0.2, -0.15) is 11.8 Å². The van der Waals surface area contributed by atoms with E-state index in [2.05, 4.69) is 20.8 Å². The maximum absolute atomic E-state index is 5.85. The molecule has 0 saturated carbocycles. The molecule has 0 aliphatic carbocycles. The van der Waals surface area contributed by atoms with Gasteiger partial charge in [0, 0.05) is 18.4 Å². The first-order chi connectivity index (χ1) is 6.16. The lowest BCUT2D eigenvalue weighted by atomic mass is 10.3. The van der Waals surface area contributed by atoms with Crippen molar-refractivity contribution in [3.63, 3.8) is 0 Å². The topological polar surface area (TPSA) is 35.2 Å². The van der Waals surface area contributed by atoms with Gasteiger partial charge in [-0.05, 0) is 18.1 Å². The van der Waals surface area contributed by atoms with E-state index in [1.54, 1.807) is 0 Å². The molecule has 0 amide bonds. The molecule has 1 atom stereocenters. The first kappa shape index (κ1) is 13.3. The van der Waals surface area contributed by atoms with Crippen LogP contribution in [0.3, 0.4) is 0 Å². The van der Waals surface area contributed by atoms with Gasteiger partial charge in [-0.3, -0.25) is 0 Å². The molecule has 0 bridgehead atoms. The fourth-order valence-electron chi connectivity index (χ4n) is 0.882. The Kier molecular flexibility index (Phi) is 9.03. The van der Waals surface area contributed by atoms with Gasteiger partial charge in [-0.1, -0.05) is 20.8 Å². The van der Waals surface area contributed by atoms with Crippen molar-refractivity contribution in [2.24, 2.45) is 11.7 Å². The zero-order chi connectivity index (χ0) is 10.1. The van der Waals surface area contributed by atoms with Crippen molar-refractivity contribution in [2.45, 2.75) is 33.2 Å². The molecule has 2 N–H and O–H groups in total. The van der Waals surface area contributed by atoms with E-state index in [0.717, 1.165) is 24.7 Å². The average Bonchev–Trinajstić information content (AvgIpc) is 2.04. The van der Waals surface area contributed by atoms with Crippen LogP contribution in [-0.2, 0) is 4.74 Å². The summed E-state index contributed by atoms with van der Waals surface area (Å²) in [5, 5.41) is 0. The monoisotopic (exact) mass is 205 g/mol. The highest BCUT2D eigenvalue weighted by Gasteiger charge is 2.03. The lowest BCUT2D eigenvalue weighted by Crippen LogP contribution is -2.29. The predicted octanol–water partition coefficient (Wildman–Crippen LogP) is 2.13. The fraction of sp³-hybridized carbons (Fsp3) is 1.00. The van der Waals surface area contributed by atoms with Gasteiger partial charge in [0.05, 0.1) is 6.61 Å². The quantitative estimate of drug-likeness (QED) is 0.617. The van der Waals surface area contributed by atoms with Crippen molar-refractivity contribution < 1.29 is 4.74 Å². The molecular weight excluding hydrogens is 182 g/mol. The maximum Gasteiger partial charge on any atom is 0.0625 e. The van der Waals surface area contributed by atoms with Gasteiger partial charge in [0.1, 0.15) is 0 Å². The Balaban J connectivity index is 3.15. The molecule has 0 aliphatic rings. The fourth-order valence-corrected chi connectivity index (χ4v) is 1.89. The third-order valence-electron chi connectivity index (χ3n) is 1.46. The number of thioether (sulfide) groups is 1. The van der Waals surface area contributed by atoms with Gasteiger partial charge in [-0.15, -0.1) is 0 Å². The van der Waals surface area contributed by atoms with Crippen molar-refractivity contribution in [1.82, 2.24) is 0 Å². The highest BCUT2D eigenvalue weighted by molar-refractivity contribution is 7.99. The van der Waals surface area contributed by atoms with Crippen LogP contribution in [0.1, 0.15) is 27.2 Å². The van der Waals surface area contributed by atoms with E-state index in [1.807, 2.05) is 11.8 Å². The molecule has 13 heavy (non-hydrogen) atoms. The van der Waals surface area contributed by atoms with Crippen molar-refractivity contribution in [3.8, 4) is 0 Å². The molecule has 80 valence electrons. The van der Waals surface area contributed by atoms with Gasteiger partial charge in [0.25, 0.3) is 0 Å². The highest BCUT2D eigenvalue weighted by atomic mass is 32.2. The second kappa shape index (κ2) is 8.85. The van der Waals surface area contributed by atoms with Gasteiger partial charge in [-0.25, -0.2) is 0 Å². The third kappa shape index (κ3) is 10.2. The Morgan fingerprint density at radius 2 is 2.00 bits per heavy atom. The first-order valence-corrected chi connectivity index (χ1v) is 6.23. The van der Waals surface area contributed by atoms with Crippen LogP contribution in [0.5, 0.6) is 0 Å². The van der Waals surface area contributed by atoms with Crippen molar-refractivity contribution in [3.05, 3.63) is 0 Å². The standard InChI is InChI=1S/C10H23NOS/c1-4-5-12-6-10(11)8-13-7-9(2)3/h9-10H,4-8,11H2,1-3H3. The van der Waals surface area contributed by atoms with Crippen molar-refractivity contribution >= 4 is 11.8 Å². The molecule has 0 aromatic carbocycles. The summed E-state index contributed by atoms with van der Waals surface area (Å²) in [5.41, 5.74) is 5.85. The molecule has 2 nitrogen and oxygen atoms in total. The molecule has 0 heterocycles. The Hall–Kier alpha value is 0.270. The van der Waals surface area contributed by atoms with Crippen LogP contribution < -0.4 is 5.73 Å². The molecule has 0 radical (unpaired) electrons. The molecule has 0 rings (SSSR count). The SMILES string of the molecule is CCCOCC(N)CSCC(C)C. The van der Waals surface area contributed by atoms with Crippen molar-refractivity contribution in [2.75, 3.05) is 24.7 Å². The number of nitrogens with two attached hydrogens (primary N) is 1. The molecule has 0 spiro atoms. The second-order valence-corrected chi connectivity index (χ2v) is 4.84. The largest absolute Gasteiger partial charge is 0.380 e. The number of rotatable bonds is 8. The van der Waals surface area contributed by atoms with Crippen molar-refractivity contribution in [1.29, 1.82) is 0 Å². The molecule has 0 saturated heterocycles. The summed E-state index contributed by atoms with van der Waals surface area (Å²) >= 11 is 1.92. The Morgan fingerprint density at radius 1 is 1.31 bits per heavy atom. The van der Waals surface area contributed by atoms with Crippen LogP contribution in [0.25, 0.3) is 0 Å². The lowest BCUT2D eigenvalue weighted by Gasteiger charge is -2.12. The molecule has 0 aromatic rings. The van der Waals surface area contributed by atoms with Gasteiger partial charge in [0.2, 0.25) is 0 Å². The molecular formula is C10H23NOS. The van der Waals surface area contributed by atoms with Crippen LogP contribution in [0, 0.1) is 5.92 Å². The molecule has 3 heteroatoms. The first-order valence-electron chi connectivity index (χ1n) is 5.07. The third-order valence-corrected chi connectivity index (χ3v) is 3.03. The van der Waals surface area contributed by atoms with Crippen LogP contribution in [0.4, 0.5) is 0 Å². The van der Waals surface area contributed by atoms with E-state index in [0.29, 0.717) is 6.61 Å². The van der Waals surface area contributed by atoms with Crippen LogP contribution in [0.15, 0.2) is 0 Å².